The Morgan fingerprint density at radius 1 is 1.21 bits per heavy atom. The molecule has 3 aromatic rings. The maximum atomic E-state index is 13.0. The Bertz CT molecular complexity index is 1010. The second-order valence-corrected chi connectivity index (χ2v) is 5.99. The molecule has 1 saturated heterocycles. The van der Waals surface area contributed by atoms with Gasteiger partial charge in [0, 0.05) is 41.2 Å². The van der Waals surface area contributed by atoms with E-state index in [4.69, 9.17) is 4.42 Å². The molecule has 0 saturated carbocycles. The van der Waals surface area contributed by atoms with Gasteiger partial charge in [0.2, 0.25) is 5.95 Å². The summed E-state index contributed by atoms with van der Waals surface area (Å²) in [6.45, 7) is 0. The summed E-state index contributed by atoms with van der Waals surface area (Å²) in [5.74, 6) is -0.606. The van der Waals surface area contributed by atoms with E-state index >= 15 is 0 Å². The van der Waals surface area contributed by atoms with Crippen LogP contribution in [0.5, 0.6) is 0 Å². The van der Waals surface area contributed by atoms with Gasteiger partial charge in [-0.3, -0.25) is 19.9 Å². The van der Waals surface area contributed by atoms with E-state index in [0.717, 1.165) is 17.1 Å². The standard InChI is InChI=1S/C16H8FN3O3S/c17-13-2-1-8(6-19-13)11-7-18-5-9-3-10(23-14(9)11)4-12-15(21)20-16(22)24-12/h1-7H,(H,20,21,22)/b12-4+. The van der Waals surface area contributed by atoms with E-state index in [1.54, 1.807) is 24.5 Å². The van der Waals surface area contributed by atoms with E-state index in [1.165, 1.54) is 18.3 Å². The van der Waals surface area contributed by atoms with Gasteiger partial charge < -0.3 is 4.42 Å². The molecule has 1 fully saturated rings. The first-order valence-electron chi connectivity index (χ1n) is 6.84. The van der Waals surface area contributed by atoms with Crippen molar-refractivity contribution < 1.29 is 18.4 Å². The molecule has 6 nitrogen and oxygen atoms in total. The number of hydrogen-bond acceptors (Lipinski definition) is 6. The summed E-state index contributed by atoms with van der Waals surface area (Å²) in [7, 11) is 0. The van der Waals surface area contributed by atoms with Gasteiger partial charge in [-0.1, -0.05) is 0 Å². The molecule has 0 aliphatic carbocycles. The second-order valence-electron chi connectivity index (χ2n) is 4.98. The molecule has 8 heteroatoms. The largest absolute Gasteiger partial charge is 0.456 e. The molecule has 4 rings (SSSR count). The Labute approximate surface area is 138 Å². The van der Waals surface area contributed by atoms with Gasteiger partial charge in [0.15, 0.2) is 0 Å². The number of furan rings is 1. The Morgan fingerprint density at radius 3 is 2.79 bits per heavy atom. The highest BCUT2D eigenvalue weighted by Gasteiger charge is 2.25. The SMILES string of the molecule is O=C1NC(=O)/C(=C\c2cc3cncc(-c4ccc(F)nc4)c3o2)S1. The van der Waals surface area contributed by atoms with Crippen molar-refractivity contribution in [3.63, 3.8) is 0 Å². The maximum absolute atomic E-state index is 13.0. The molecule has 0 unspecified atom stereocenters. The van der Waals surface area contributed by atoms with Gasteiger partial charge in [0.05, 0.1) is 4.91 Å². The number of halogens is 1. The zero-order chi connectivity index (χ0) is 16.7. The molecule has 1 aliphatic rings. The molecular formula is C16H8FN3O3S. The summed E-state index contributed by atoms with van der Waals surface area (Å²) in [5.41, 5.74) is 1.86. The van der Waals surface area contributed by atoms with Gasteiger partial charge >= 0.3 is 0 Å². The summed E-state index contributed by atoms with van der Waals surface area (Å²) in [6, 6.07) is 4.55. The van der Waals surface area contributed by atoms with Gasteiger partial charge in [-0.25, -0.2) is 4.98 Å². The molecule has 0 radical (unpaired) electrons. The van der Waals surface area contributed by atoms with E-state index in [1.807, 2.05) is 0 Å². The first-order valence-corrected chi connectivity index (χ1v) is 7.66. The quantitative estimate of drug-likeness (QED) is 0.568. The number of pyridine rings is 2. The summed E-state index contributed by atoms with van der Waals surface area (Å²) < 4.78 is 18.8. The van der Waals surface area contributed by atoms with Gasteiger partial charge in [0.25, 0.3) is 11.1 Å². The smallest absolute Gasteiger partial charge is 0.290 e. The average Bonchev–Trinajstić information content (AvgIpc) is 3.10. The number of aromatic nitrogens is 2. The number of rotatable bonds is 2. The summed E-state index contributed by atoms with van der Waals surface area (Å²) in [5, 5.41) is 2.49. The first-order chi connectivity index (χ1) is 11.6. The fourth-order valence-electron chi connectivity index (χ4n) is 2.34. The van der Waals surface area contributed by atoms with E-state index < -0.39 is 17.1 Å². The zero-order valence-corrected chi connectivity index (χ0v) is 12.8. The van der Waals surface area contributed by atoms with E-state index in [9.17, 15) is 14.0 Å². The van der Waals surface area contributed by atoms with Crippen molar-refractivity contribution in [1.82, 2.24) is 15.3 Å². The van der Waals surface area contributed by atoms with Crippen molar-refractivity contribution in [3.05, 3.63) is 53.4 Å². The maximum Gasteiger partial charge on any atom is 0.290 e. The lowest BCUT2D eigenvalue weighted by atomic mass is 10.1. The third kappa shape index (κ3) is 2.56. The lowest BCUT2D eigenvalue weighted by molar-refractivity contribution is -0.115. The van der Waals surface area contributed by atoms with Crippen LogP contribution in [0.1, 0.15) is 5.76 Å². The van der Waals surface area contributed by atoms with Crippen LogP contribution in [0, 0.1) is 5.95 Å². The number of imide groups is 1. The van der Waals surface area contributed by atoms with Crippen LogP contribution in [0.15, 0.2) is 46.1 Å². The predicted molar refractivity (Wildman–Crippen MR) is 86.3 cm³/mol. The van der Waals surface area contributed by atoms with Crippen LogP contribution in [-0.2, 0) is 4.79 Å². The van der Waals surface area contributed by atoms with Crippen LogP contribution in [0.25, 0.3) is 28.2 Å². The molecule has 1 N–H and O–H groups in total. The number of carbonyl (C=O) groups excluding carboxylic acids is 2. The second kappa shape index (κ2) is 5.57. The van der Waals surface area contributed by atoms with Crippen LogP contribution < -0.4 is 5.32 Å². The number of nitrogens with one attached hydrogen (secondary N) is 1. The van der Waals surface area contributed by atoms with Gasteiger partial charge in [-0.05, 0) is 30.0 Å². The molecule has 0 spiro atoms. The van der Waals surface area contributed by atoms with Crippen molar-refractivity contribution in [2.75, 3.05) is 0 Å². The normalized spacial score (nSPS) is 16.1. The molecular weight excluding hydrogens is 333 g/mol. The highest BCUT2D eigenvalue weighted by atomic mass is 32.2. The van der Waals surface area contributed by atoms with E-state index in [0.29, 0.717) is 22.5 Å². The van der Waals surface area contributed by atoms with Crippen molar-refractivity contribution in [2.45, 2.75) is 0 Å². The Balaban J connectivity index is 1.80. The minimum absolute atomic E-state index is 0.261. The van der Waals surface area contributed by atoms with Crippen LogP contribution in [0.4, 0.5) is 9.18 Å². The van der Waals surface area contributed by atoms with E-state index in [2.05, 4.69) is 15.3 Å². The number of nitrogens with zero attached hydrogens (tertiary/aromatic N) is 2. The van der Waals surface area contributed by atoms with Crippen LogP contribution >= 0.6 is 11.8 Å². The molecule has 1 aliphatic heterocycles. The summed E-state index contributed by atoms with van der Waals surface area (Å²) in [6.07, 6.45) is 6.11. The molecule has 4 heterocycles. The monoisotopic (exact) mass is 341 g/mol. The van der Waals surface area contributed by atoms with Crippen LogP contribution in [0.2, 0.25) is 0 Å². The number of carbonyl (C=O) groups is 2. The average molecular weight is 341 g/mol. The van der Waals surface area contributed by atoms with Gasteiger partial charge in [-0.2, -0.15) is 4.39 Å². The zero-order valence-electron chi connectivity index (χ0n) is 11.9. The third-order valence-electron chi connectivity index (χ3n) is 3.40. The molecule has 118 valence electrons. The molecule has 0 aromatic carbocycles. The first kappa shape index (κ1) is 14.6. The van der Waals surface area contributed by atoms with Crippen LogP contribution in [0.3, 0.4) is 0 Å². The highest BCUT2D eigenvalue weighted by molar-refractivity contribution is 8.18. The Kier molecular flexibility index (Phi) is 3.39. The molecule has 24 heavy (non-hydrogen) atoms. The topological polar surface area (TPSA) is 85.1 Å². The number of hydrogen-bond donors (Lipinski definition) is 1. The molecule has 3 aromatic heterocycles. The van der Waals surface area contributed by atoms with Crippen molar-refractivity contribution >= 4 is 40.0 Å². The third-order valence-corrected chi connectivity index (χ3v) is 4.21. The lowest BCUT2D eigenvalue weighted by Crippen LogP contribution is -2.17. The van der Waals surface area contributed by atoms with Crippen LogP contribution in [-0.4, -0.2) is 21.1 Å². The summed E-state index contributed by atoms with van der Waals surface area (Å²) in [4.78, 5) is 30.8. The van der Waals surface area contributed by atoms with Crippen molar-refractivity contribution in [2.24, 2.45) is 0 Å². The van der Waals surface area contributed by atoms with Gasteiger partial charge in [0.1, 0.15) is 11.3 Å². The number of amides is 2. The van der Waals surface area contributed by atoms with E-state index in [-0.39, 0.29) is 4.91 Å². The molecule has 2 amide bonds. The van der Waals surface area contributed by atoms with Crippen molar-refractivity contribution in [1.29, 1.82) is 0 Å². The Hall–Kier alpha value is -3.00. The number of fused-ring (bicyclic) bond motifs is 1. The fraction of sp³-hybridized carbons (Fsp3) is 0. The minimum atomic E-state index is -0.572. The minimum Gasteiger partial charge on any atom is -0.456 e. The lowest BCUT2D eigenvalue weighted by Gasteiger charge is -2.01. The molecule has 0 bridgehead atoms. The molecule has 0 atom stereocenters. The van der Waals surface area contributed by atoms with Gasteiger partial charge in [-0.15, -0.1) is 0 Å². The summed E-state index contributed by atoms with van der Waals surface area (Å²) >= 11 is 0.815. The fourth-order valence-corrected chi connectivity index (χ4v) is 3.01. The number of thioether (sulfide) groups is 1. The predicted octanol–water partition coefficient (Wildman–Crippen LogP) is 3.35. The van der Waals surface area contributed by atoms with Crippen molar-refractivity contribution in [3.8, 4) is 11.1 Å². The highest BCUT2D eigenvalue weighted by Crippen LogP contribution is 2.32. The Morgan fingerprint density at radius 2 is 2.08 bits per heavy atom.